The molecule has 3 N–H and O–H groups in total. The third kappa shape index (κ3) is 54.6. The number of amides is 1. The van der Waals surface area contributed by atoms with Crippen molar-refractivity contribution in [1.29, 1.82) is 0 Å². The first-order chi connectivity index (χ1) is 33.2. The van der Waals surface area contributed by atoms with E-state index in [0.29, 0.717) is 6.42 Å². The number of carbonyl (C=O) groups excluding carboxylic acids is 1. The summed E-state index contributed by atoms with van der Waals surface area (Å²) in [5.41, 5.74) is 0. The molecule has 0 saturated carbocycles. The molecular formula is C63H115NO3. The molecule has 0 rings (SSSR count). The highest BCUT2D eigenvalue weighted by atomic mass is 16.3. The van der Waals surface area contributed by atoms with E-state index >= 15 is 0 Å². The minimum atomic E-state index is -0.867. The van der Waals surface area contributed by atoms with Crippen molar-refractivity contribution in [3.8, 4) is 0 Å². The summed E-state index contributed by atoms with van der Waals surface area (Å²) in [6.45, 7) is 4.21. The van der Waals surface area contributed by atoms with Crippen molar-refractivity contribution in [1.82, 2.24) is 5.32 Å². The number of unbranched alkanes of at least 4 members (excludes halogenated alkanes) is 37. The molecule has 0 bridgehead atoms. The van der Waals surface area contributed by atoms with Gasteiger partial charge >= 0.3 is 0 Å². The van der Waals surface area contributed by atoms with Crippen LogP contribution in [0.2, 0.25) is 0 Å². The lowest BCUT2D eigenvalue weighted by Crippen LogP contribution is -2.45. The summed E-state index contributed by atoms with van der Waals surface area (Å²) in [6.07, 6.45) is 83.7. The summed E-state index contributed by atoms with van der Waals surface area (Å²) in [6, 6.07) is -0.644. The predicted molar refractivity (Wildman–Crippen MR) is 299 cm³/mol. The molecule has 1 amide bonds. The molecule has 4 nitrogen and oxygen atoms in total. The zero-order chi connectivity index (χ0) is 48.5. The van der Waals surface area contributed by atoms with Gasteiger partial charge < -0.3 is 15.5 Å². The van der Waals surface area contributed by atoms with E-state index in [-0.39, 0.29) is 12.5 Å². The van der Waals surface area contributed by atoms with Gasteiger partial charge in [-0.25, -0.2) is 0 Å². The number of nitrogens with one attached hydrogen (secondary N) is 1. The third-order valence-electron chi connectivity index (χ3n) is 13.4. The molecule has 0 spiro atoms. The number of rotatable bonds is 54. The highest BCUT2D eigenvalue weighted by Gasteiger charge is 2.18. The molecule has 0 aromatic heterocycles. The molecule has 0 heterocycles. The van der Waals surface area contributed by atoms with Crippen LogP contribution in [0.3, 0.4) is 0 Å². The standard InChI is InChI=1S/C63H115NO3/c1-3-5-7-9-11-13-15-17-19-21-23-25-27-29-31-33-34-36-38-40-42-44-46-48-50-52-54-56-58-62(66)61(60-65)64-63(67)59-57-55-53-51-49-47-45-43-41-39-37-35-32-30-28-26-24-22-20-18-16-14-12-10-8-6-4-2/h6,8,12,14,18,20,24,26,48,50,56,58,61-62,65-66H,3-5,7,9-11,13,15-17,19,21-23,25,27-47,49,51-55,57,59-60H2,1-2H3,(H,64,67)/b8-6-,14-12-,20-18-,26-24-,50-48+,58-56+. The van der Waals surface area contributed by atoms with Crippen LogP contribution >= 0.6 is 0 Å². The molecule has 2 atom stereocenters. The van der Waals surface area contributed by atoms with Gasteiger partial charge in [-0.3, -0.25) is 4.79 Å². The van der Waals surface area contributed by atoms with Gasteiger partial charge in [-0.15, -0.1) is 0 Å². The largest absolute Gasteiger partial charge is 0.394 e. The molecule has 0 aromatic carbocycles. The average Bonchev–Trinajstić information content (AvgIpc) is 3.33. The Kier molecular flexibility index (Phi) is 56.3. The van der Waals surface area contributed by atoms with Crippen molar-refractivity contribution < 1.29 is 15.0 Å². The predicted octanol–water partition coefficient (Wildman–Crippen LogP) is 19.8. The molecule has 0 aliphatic heterocycles. The van der Waals surface area contributed by atoms with Crippen LogP contribution in [-0.4, -0.2) is 34.9 Å². The van der Waals surface area contributed by atoms with E-state index in [0.717, 1.165) is 57.8 Å². The first kappa shape index (κ1) is 64.8. The highest BCUT2D eigenvalue weighted by Crippen LogP contribution is 2.17. The van der Waals surface area contributed by atoms with Crippen molar-refractivity contribution >= 4 is 5.91 Å². The minimum Gasteiger partial charge on any atom is -0.394 e. The highest BCUT2D eigenvalue weighted by molar-refractivity contribution is 5.76. The van der Waals surface area contributed by atoms with Gasteiger partial charge in [0, 0.05) is 6.42 Å². The maximum absolute atomic E-state index is 12.5. The molecule has 4 heteroatoms. The maximum atomic E-state index is 12.5. The lowest BCUT2D eigenvalue weighted by molar-refractivity contribution is -0.123. The van der Waals surface area contributed by atoms with Gasteiger partial charge in [0.25, 0.3) is 0 Å². The number of hydrogen-bond donors (Lipinski definition) is 3. The topological polar surface area (TPSA) is 69.6 Å². The average molecular weight is 935 g/mol. The van der Waals surface area contributed by atoms with Crippen LogP contribution in [0.4, 0.5) is 0 Å². The Morgan fingerprint density at radius 3 is 1.04 bits per heavy atom. The van der Waals surface area contributed by atoms with Crippen molar-refractivity contribution in [2.24, 2.45) is 0 Å². The van der Waals surface area contributed by atoms with Crippen LogP contribution in [0, 0.1) is 0 Å². The SMILES string of the molecule is CC/C=C\C/C=C\C/C=C\C/C=C\CCCCCCCCCCCCCCCCC(=O)NC(CO)C(O)/C=C/CC/C=C/CCCCCCCCCCCCCCCCCCCCCCCC. The first-order valence-corrected chi connectivity index (χ1v) is 29.7. The van der Waals surface area contributed by atoms with Gasteiger partial charge in [0.1, 0.15) is 0 Å². The summed E-state index contributed by atoms with van der Waals surface area (Å²) < 4.78 is 0. The van der Waals surface area contributed by atoms with Gasteiger partial charge in [-0.1, -0.05) is 299 Å². The quantitative estimate of drug-likeness (QED) is 0.0420. The molecule has 0 fully saturated rings. The van der Waals surface area contributed by atoms with Crippen LogP contribution in [0.15, 0.2) is 72.9 Å². The summed E-state index contributed by atoms with van der Waals surface area (Å²) in [5, 5.41) is 23.2. The third-order valence-corrected chi connectivity index (χ3v) is 13.4. The normalized spacial score (nSPS) is 13.3. The number of carbonyl (C=O) groups is 1. The monoisotopic (exact) mass is 934 g/mol. The molecule has 67 heavy (non-hydrogen) atoms. The van der Waals surface area contributed by atoms with E-state index in [9.17, 15) is 15.0 Å². The van der Waals surface area contributed by atoms with E-state index in [1.165, 1.54) is 225 Å². The Hall–Kier alpha value is -2.17. The van der Waals surface area contributed by atoms with E-state index in [4.69, 9.17) is 0 Å². The Labute approximate surface area is 419 Å². The second-order valence-corrected chi connectivity index (χ2v) is 20.0. The second-order valence-electron chi connectivity index (χ2n) is 20.0. The Morgan fingerprint density at radius 2 is 0.672 bits per heavy atom. The summed E-state index contributed by atoms with van der Waals surface area (Å²) in [4.78, 5) is 12.5. The summed E-state index contributed by atoms with van der Waals surface area (Å²) in [5.74, 6) is -0.0734. The molecule has 390 valence electrons. The molecule has 0 radical (unpaired) electrons. The van der Waals surface area contributed by atoms with E-state index < -0.39 is 12.1 Å². The second kappa shape index (κ2) is 58.1. The first-order valence-electron chi connectivity index (χ1n) is 29.7. The van der Waals surface area contributed by atoms with E-state index in [1.54, 1.807) is 6.08 Å². The van der Waals surface area contributed by atoms with Gasteiger partial charge in [-0.2, -0.15) is 0 Å². The van der Waals surface area contributed by atoms with Gasteiger partial charge in [0.15, 0.2) is 0 Å². The zero-order valence-corrected chi connectivity index (χ0v) is 44.9. The fourth-order valence-electron chi connectivity index (χ4n) is 8.95. The van der Waals surface area contributed by atoms with E-state index in [1.807, 2.05) is 6.08 Å². The van der Waals surface area contributed by atoms with Crippen molar-refractivity contribution in [2.75, 3.05) is 6.61 Å². The number of aliphatic hydroxyl groups is 2. The summed E-state index contributed by atoms with van der Waals surface area (Å²) in [7, 11) is 0. The van der Waals surface area contributed by atoms with Crippen LogP contribution in [-0.2, 0) is 4.79 Å². The fourth-order valence-corrected chi connectivity index (χ4v) is 8.95. The Balaban J connectivity index is 3.52. The molecule has 0 aromatic rings. The van der Waals surface area contributed by atoms with Crippen molar-refractivity contribution in [3.05, 3.63) is 72.9 Å². The Bertz CT molecular complexity index is 1150. The fraction of sp³-hybridized carbons (Fsp3) is 0.794. The lowest BCUT2D eigenvalue weighted by atomic mass is 10.0. The molecule has 0 aliphatic rings. The van der Waals surface area contributed by atoms with Gasteiger partial charge in [-0.05, 0) is 70.6 Å². The zero-order valence-electron chi connectivity index (χ0n) is 44.9. The Morgan fingerprint density at radius 1 is 0.373 bits per heavy atom. The van der Waals surface area contributed by atoms with Crippen molar-refractivity contribution in [2.45, 2.75) is 315 Å². The summed E-state index contributed by atoms with van der Waals surface area (Å²) >= 11 is 0. The van der Waals surface area contributed by atoms with Crippen LogP contribution in [0.1, 0.15) is 303 Å². The van der Waals surface area contributed by atoms with Crippen LogP contribution < -0.4 is 5.32 Å². The molecule has 0 saturated heterocycles. The number of allylic oxidation sites excluding steroid dienone is 11. The van der Waals surface area contributed by atoms with Gasteiger partial charge in [0.05, 0.1) is 18.8 Å². The van der Waals surface area contributed by atoms with E-state index in [2.05, 4.69) is 79.9 Å². The molecule has 2 unspecified atom stereocenters. The smallest absolute Gasteiger partial charge is 0.220 e. The number of aliphatic hydroxyl groups excluding tert-OH is 2. The number of hydrogen-bond acceptors (Lipinski definition) is 3. The molecular weight excluding hydrogens is 819 g/mol. The molecule has 0 aliphatic carbocycles. The lowest BCUT2D eigenvalue weighted by Gasteiger charge is -2.19. The minimum absolute atomic E-state index is 0.0734. The maximum Gasteiger partial charge on any atom is 0.220 e. The van der Waals surface area contributed by atoms with Crippen LogP contribution in [0.25, 0.3) is 0 Å². The van der Waals surface area contributed by atoms with Crippen LogP contribution in [0.5, 0.6) is 0 Å². The van der Waals surface area contributed by atoms with Gasteiger partial charge in [0.2, 0.25) is 5.91 Å². The van der Waals surface area contributed by atoms with Crippen molar-refractivity contribution in [3.63, 3.8) is 0 Å².